The number of rotatable bonds is 5. The number of fused-ring (bicyclic) bond motifs is 1. The van der Waals surface area contributed by atoms with E-state index in [0.29, 0.717) is 6.04 Å². The summed E-state index contributed by atoms with van der Waals surface area (Å²) < 4.78 is 0. The first-order valence-corrected chi connectivity index (χ1v) is 11.9. The van der Waals surface area contributed by atoms with Gasteiger partial charge < -0.3 is 15.1 Å². The number of carbonyl (C=O) groups excluding carboxylic acids is 1. The molecular formula is C27H29ClN4O. The molecule has 1 fully saturated rings. The molecule has 1 amide bonds. The van der Waals surface area contributed by atoms with Crippen molar-refractivity contribution in [2.45, 2.75) is 19.1 Å². The third-order valence-electron chi connectivity index (χ3n) is 6.74. The van der Waals surface area contributed by atoms with Crippen LogP contribution in [0.1, 0.15) is 29.0 Å². The SMILES string of the molecule is CC(CN1c2ccccc2C(=O)NC1c1ccccc1)N1CCN(c2ccc(Cl)cc2)CC1. The van der Waals surface area contributed by atoms with Crippen LogP contribution >= 0.6 is 11.6 Å². The van der Waals surface area contributed by atoms with Crippen LogP contribution in [0, 0.1) is 0 Å². The quantitative estimate of drug-likeness (QED) is 0.593. The molecule has 2 aliphatic rings. The van der Waals surface area contributed by atoms with Crippen LogP contribution < -0.4 is 15.1 Å². The zero-order valence-electron chi connectivity index (χ0n) is 18.8. The fourth-order valence-corrected chi connectivity index (χ4v) is 5.04. The number of amides is 1. The van der Waals surface area contributed by atoms with Crippen LogP contribution in [0.15, 0.2) is 78.9 Å². The largest absolute Gasteiger partial charge is 0.369 e. The number of hydrogen-bond acceptors (Lipinski definition) is 4. The highest BCUT2D eigenvalue weighted by Gasteiger charge is 2.33. The molecule has 0 aromatic heterocycles. The van der Waals surface area contributed by atoms with E-state index in [1.165, 1.54) is 5.69 Å². The summed E-state index contributed by atoms with van der Waals surface area (Å²) in [5.74, 6) is -0.0139. The summed E-state index contributed by atoms with van der Waals surface area (Å²) in [4.78, 5) is 20.2. The molecule has 2 unspecified atom stereocenters. The molecule has 2 heterocycles. The predicted octanol–water partition coefficient (Wildman–Crippen LogP) is 4.80. The number of hydrogen-bond donors (Lipinski definition) is 1. The minimum atomic E-state index is -0.175. The molecule has 0 bridgehead atoms. The van der Waals surface area contributed by atoms with Crippen LogP contribution in [0.5, 0.6) is 0 Å². The summed E-state index contributed by atoms with van der Waals surface area (Å²) in [7, 11) is 0. The molecule has 2 atom stereocenters. The maximum atomic E-state index is 12.8. The Hall–Kier alpha value is -3.02. The molecule has 0 aliphatic carbocycles. The van der Waals surface area contributed by atoms with Crippen LogP contribution in [0.25, 0.3) is 0 Å². The molecule has 2 aliphatic heterocycles. The van der Waals surface area contributed by atoms with Crippen molar-refractivity contribution < 1.29 is 4.79 Å². The van der Waals surface area contributed by atoms with E-state index in [2.05, 4.69) is 57.3 Å². The Morgan fingerprint density at radius 2 is 1.58 bits per heavy atom. The zero-order chi connectivity index (χ0) is 22.8. The lowest BCUT2D eigenvalue weighted by Gasteiger charge is -2.44. The van der Waals surface area contributed by atoms with Crippen LogP contribution in [-0.2, 0) is 0 Å². The smallest absolute Gasteiger partial charge is 0.255 e. The molecule has 3 aromatic rings. The first-order valence-electron chi connectivity index (χ1n) is 11.6. The third kappa shape index (κ3) is 4.56. The van der Waals surface area contributed by atoms with Crippen LogP contribution in [0.4, 0.5) is 11.4 Å². The van der Waals surface area contributed by atoms with E-state index >= 15 is 0 Å². The standard InChI is InChI=1S/C27H29ClN4O/c1-20(30-15-17-31(18-16-30)23-13-11-22(28)12-14-23)19-32-25-10-6-5-9-24(25)27(33)29-26(32)21-7-3-2-4-8-21/h2-14,20,26H,15-19H2,1H3,(H,29,33). The molecule has 170 valence electrons. The number of para-hydroxylation sites is 1. The second-order valence-corrected chi connectivity index (χ2v) is 9.24. The van der Waals surface area contributed by atoms with Crippen molar-refractivity contribution in [2.75, 3.05) is 42.5 Å². The lowest BCUT2D eigenvalue weighted by molar-refractivity contribution is 0.0923. The van der Waals surface area contributed by atoms with E-state index in [1.807, 2.05) is 48.5 Å². The molecule has 5 nitrogen and oxygen atoms in total. The van der Waals surface area contributed by atoms with Crippen molar-refractivity contribution in [3.05, 3.63) is 95.0 Å². The molecule has 6 heteroatoms. The predicted molar refractivity (Wildman–Crippen MR) is 135 cm³/mol. The van der Waals surface area contributed by atoms with Gasteiger partial charge in [-0.25, -0.2) is 0 Å². The van der Waals surface area contributed by atoms with Crippen molar-refractivity contribution in [3.63, 3.8) is 0 Å². The van der Waals surface area contributed by atoms with Gasteiger partial charge in [0.05, 0.1) is 11.3 Å². The molecule has 33 heavy (non-hydrogen) atoms. The average molecular weight is 461 g/mol. The number of anilines is 2. The monoisotopic (exact) mass is 460 g/mol. The molecule has 1 saturated heterocycles. The molecule has 5 rings (SSSR count). The van der Waals surface area contributed by atoms with Crippen molar-refractivity contribution >= 4 is 28.9 Å². The summed E-state index contributed by atoms with van der Waals surface area (Å²) in [5.41, 5.74) is 4.06. The highest BCUT2D eigenvalue weighted by Crippen LogP contribution is 2.33. The minimum absolute atomic E-state index is 0.0139. The van der Waals surface area contributed by atoms with Gasteiger partial charge >= 0.3 is 0 Å². The van der Waals surface area contributed by atoms with Gasteiger partial charge in [0.2, 0.25) is 0 Å². The summed E-state index contributed by atoms with van der Waals surface area (Å²) in [6.07, 6.45) is -0.175. The zero-order valence-corrected chi connectivity index (χ0v) is 19.6. The van der Waals surface area contributed by atoms with Crippen molar-refractivity contribution in [2.24, 2.45) is 0 Å². The first kappa shape index (κ1) is 21.8. The Labute approximate surface area is 200 Å². The Morgan fingerprint density at radius 3 is 2.30 bits per heavy atom. The Morgan fingerprint density at radius 1 is 0.909 bits per heavy atom. The third-order valence-corrected chi connectivity index (χ3v) is 7.00. The van der Waals surface area contributed by atoms with Gasteiger partial charge in [0.1, 0.15) is 6.17 Å². The molecular weight excluding hydrogens is 432 g/mol. The van der Waals surface area contributed by atoms with Gasteiger partial charge in [-0.15, -0.1) is 0 Å². The van der Waals surface area contributed by atoms with Crippen molar-refractivity contribution in [1.82, 2.24) is 10.2 Å². The molecule has 3 aromatic carbocycles. The van der Waals surface area contributed by atoms with E-state index in [1.54, 1.807) is 0 Å². The molecule has 0 spiro atoms. The normalized spacial score (nSPS) is 19.7. The van der Waals surface area contributed by atoms with Gasteiger partial charge in [-0.2, -0.15) is 0 Å². The highest BCUT2D eigenvalue weighted by atomic mass is 35.5. The van der Waals surface area contributed by atoms with E-state index in [9.17, 15) is 4.79 Å². The summed E-state index contributed by atoms with van der Waals surface area (Å²) in [5, 5.41) is 4.00. The number of halogens is 1. The lowest BCUT2D eigenvalue weighted by atomic mass is 10.0. The summed E-state index contributed by atoms with van der Waals surface area (Å²) >= 11 is 6.05. The molecule has 1 N–H and O–H groups in total. The average Bonchev–Trinajstić information content (AvgIpc) is 2.87. The van der Waals surface area contributed by atoms with E-state index in [4.69, 9.17) is 11.6 Å². The second-order valence-electron chi connectivity index (χ2n) is 8.80. The van der Waals surface area contributed by atoms with E-state index in [-0.39, 0.29) is 12.1 Å². The molecule has 0 saturated carbocycles. The van der Waals surface area contributed by atoms with Crippen LogP contribution in [0.2, 0.25) is 5.02 Å². The number of nitrogens with one attached hydrogen (secondary N) is 1. The maximum absolute atomic E-state index is 12.8. The fraction of sp³-hybridized carbons (Fsp3) is 0.296. The Balaban J connectivity index is 1.32. The van der Waals surface area contributed by atoms with Gasteiger partial charge in [0.25, 0.3) is 5.91 Å². The number of carbonyl (C=O) groups is 1. The first-order chi connectivity index (χ1) is 16.1. The Kier molecular flexibility index (Phi) is 6.25. The number of benzene rings is 3. The number of nitrogens with zero attached hydrogens (tertiary/aromatic N) is 3. The van der Waals surface area contributed by atoms with E-state index in [0.717, 1.165) is 54.6 Å². The summed E-state index contributed by atoms with van der Waals surface area (Å²) in [6.45, 7) is 7.10. The topological polar surface area (TPSA) is 38.8 Å². The Bertz CT molecular complexity index is 1100. The van der Waals surface area contributed by atoms with Gasteiger partial charge in [-0.1, -0.05) is 54.1 Å². The molecule has 0 radical (unpaired) electrons. The fourth-order valence-electron chi connectivity index (χ4n) is 4.91. The number of piperazine rings is 1. The van der Waals surface area contributed by atoms with Crippen molar-refractivity contribution in [1.29, 1.82) is 0 Å². The van der Waals surface area contributed by atoms with Crippen LogP contribution in [0.3, 0.4) is 0 Å². The van der Waals surface area contributed by atoms with Crippen molar-refractivity contribution in [3.8, 4) is 0 Å². The minimum Gasteiger partial charge on any atom is -0.369 e. The lowest BCUT2D eigenvalue weighted by Crippen LogP contribution is -2.55. The highest BCUT2D eigenvalue weighted by molar-refractivity contribution is 6.30. The van der Waals surface area contributed by atoms with E-state index < -0.39 is 0 Å². The van der Waals surface area contributed by atoms with Crippen LogP contribution in [-0.4, -0.2) is 49.6 Å². The van der Waals surface area contributed by atoms with Gasteiger partial charge in [0.15, 0.2) is 0 Å². The second kappa shape index (κ2) is 9.46. The van der Waals surface area contributed by atoms with Gasteiger partial charge in [0, 0.05) is 49.5 Å². The van der Waals surface area contributed by atoms with Gasteiger partial charge in [-0.05, 0) is 48.9 Å². The van der Waals surface area contributed by atoms with Gasteiger partial charge in [-0.3, -0.25) is 9.69 Å². The summed E-state index contributed by atoms with van der Waals surface area (Å²) in [6, 6.07) is 26.6. The maximum Gasteiger partial charge on any atom is 0.255 e.